The molecular formula is C17H12O3. The van der Waals surface area contributed by atoms with Crippen molar-refractivity contribution in [2.24, 2.45) is 0 Å². The third-order valence-electron chi connectivity index (χ3n) is 2.55. The summed E-state index contributed by atoms with van der Waals surface area (Å²) in [7, 11) is 0. The number of carbonyl (C=O) groups is 2. The highest BCUT2D eigenvalue weighted by atomic mass is 16.5. The first kappa shape index (κ1) is 13.6. The van der Waals surface area contributed by atoms with Gasteiger partial charge in [0, 0.05) is 17.0 Å². The molecule has 2 aromatic carbocycles. The van der Waals surface area contributed by atoms with Gasteiger partial charge in [0.2, 0.25) is 0 Å². The van der Waals surface area contributed by atoms with Crippen molar-refractivity contribution in [1.82, 2.24) is 0 Å². The molecular weight excluding hydrogens is 252 g/mol. The van der Waals surface area contributed by atoms with Crippen molar-refractivity contribution in [2.75, 3.05) is 0 Å². The van der Waals surface area contributed by atoms with E-state index in [1.54, 1.807) is 24.3 Å². The molecule has 0 radical (unpaired) electrons. The molecule has 2 rings (SSSR count). The lowest BCUT2D eigenvalue weighted by Crippen LogP contribution is -2.04. The Bertz CT molecular complexity index is 674. The Morgan fingerprint density at radius 1 is 0.950 bits per heavy atom. The molecule has 0 unspecified atom stereocenters. The van der Waals surface area contributed by atoms with E-state index in [1.165, 1.54) is 6.92 Å². The van der Waals surface area contributed by atoms with Crippen molar-refractivity contribution in [3.63, 3.8) is 0 Å². The van der Waals surface area contributed by atoms with E-state index in [2.05, 4.69) is 11.8 Å². The van der Waals surface area contributed by atoms with E-state index in [1.807, 2.05) is 30.3 Å². The van der Waals surface area contributed by atoms with E-state index >= 15 is 0 Å². The average Bonchev–Trinajstić information content (AvgIpc) is 2.47. The fourth-order valence-electron chi connectivity index (χ4n) is 1.53. The number of ether oxygens (including phenoxy) is 1. The Morgan fingerprint density at radius 2 is 1.60 bits per heavy atom. The number of ketones is 1. The van der Waals surface area contributed by atoms with Gasteiger partial charge < -0.3 is 4.74 Å². The Balaban J connectivity index is 2.02. The van der Waals surface area contributed by atoms with Crippen LogP contribution in [-0.4, -0.2) is 11.8 Å². The normalized spacial score (nSPS) is 9.25. The zero-order chi connectivity index (χ0) is 14.4. The lowest BCUT2D eigenvalue weighted by atomic mass is 10.1. The second-order valence-corrected chi connectivity index (χ2v) is 4.09. The van der Waals surface area contributed by atoms with Gasteiger partial charge in [-0.3, -0.25) is 4.79 Å². The fraction of sp³-hybridized carbons (Fsp3) is 0.0588. The van der Waals surface area contributed by atoms with E-state index in [0.717, 1.165) is 5.56 Å². The third kappa shape index (κ3) is 3.82. The standard InChI is InChI=1S/C17H12O3/c1-13(18)15-8-10-16(11-9-15)20-17(19)12-7-14-5-3-2-4-6-14/h2-6,8-11H,1H3. The van der Waals surface area contributed by atoms with Crippen molar-refractivity contribution >= 4 is 11.8 Å². The van der Waals surface area contributed by atoms with Crippen molar-refractivity contribution in [3.05, 3.63) is 65.7 Å². The molecule has 0 saturated carbocycles. The maximum Gasteiger partial charge on any atom is 0.390 e. The van der Waals surface area contributed by atoms with Crippen LogP contribution in [0.3, 0.4) is 0 Å². The van der Waals surface area contributed by atoms with Crippen LogP contribution in [0.4, 0.5) is 0 Å². The minimum absolute atomic E-state index is 0.0354. The average molecular weight is 264 g/mol. The molecule has 3 heteroatoms. The molecule has 0 aliphatic rings. The molecule has 0 heterocycles. The van der Waals surface area contributed by atoms with Gasteiger partial charge in [-0.05, 0) is 43.3 Å². The van der Waals surface area contributed by atoms with Crippen LogP contribution in [0.1, 0.15) is 22.8 Å². The Hall–Kier alpha value is -2.86. The van der Waals surface area contributed by atoms with Crippen molar-refractivity contribution in [1.29, 1.82) is 0 Å². The van der Waals surface area contributed by atoms with E-state index in [9.17, 15) is 9.59 Å². The topological polar surface area (TPSA) is 43.4 Å². The van der Waals surface area contributed by atoms with E-state index in [-0.39, 0.29) is 5.78 Å². The number of hydrogen-bond acceptors (Lipinski definition) is 3. The molecule has 0 fully saturated rings. The van der Waals surface area contributed by atoms with Crippen LogP contribution in [0.25, 0.3) is 0 Å². The van der Waals surface area contributed by atoms with Crippen molar-refractivity contribution in [2.45, 2.75) is 6.92 Å². The molecule has 0 atom stereocenters. The molecule has 0 aliphatic heterocycles. The summed E-state index contributed by atoms with van der Waals surface area (Å²) < 4.78 is 5.05. The van der Waals surface area contributed by atoms with Gasteiger partial charge in [0.15, 0.2) is 5.78 Å². The number of hydrogen-bond donors (Lipinski definition) is 0. The SMILES string of the molecule is CC(=O)c1ccc(OC(=O)C#Cc2ccccc2)cc1. The second-order valence-electron chi connectivity index (χ2n) is 4.09. The maximum absolute atomic E-state index is 11.5. The third-order valence-corrected chi connectivity index (χ3v) is 2.55. The number of carbonyl (C=O) groups excluding carboxylic acids is 2. The molecule has 0 N–H and O–H groups in total. The molecule has 0 amide bonds. The number of rotatable bonds is 2. The molecule has 0 saturated heterocycles. The first-order valence-corrected chi connectivity index (χ1v) is 6.05. The number of Topliss-reactive ketones (excluding diaryl/α,β-unsaturated/α-hetero) is 1. The molecule has 0 aromatic heterocycles. The van der Waals surface area contributed by atoms with Crippen LogP contribution in [0, 0.1) is 11.8 Å². The maximum atomic E-state index is 11.5. The van der Waals surface area contributed by atoms with Crippen LogP contribution in [0.2, 0.25) is 0 Å². The molecule has 20 heavy (non-hydrogen) atoms. The molecule has 0 spiro atoms. The Morgan fingerprint density at radius 3 is 2.20 bits per heavy atom. The Kier molecular flexibility index (Phi) is 4.31. The summed E-state index contributed by atoms with van der Waals surface area (Å²) in [5.74, 6) is 4.82. The highest BCUT2D eigenvalue weighted by Gasteiger charge is 2.02. The zero-order valence-electron chi connectivity index (χ0n) is 10.9. The van der Waals surface area contributed by atoms with Crippen LogP contribution in [0.5, 0.6) is 5.75 Å². The second kappa shape index (κ2) is 6.35. The molecule has 0 aliphatic carbocycles. The van der Waals surface area contributed by atoms with Gasteiger partial charge in [0.05, 0.1) is 0 Å². The number of esters is 1. The highest BCUT2D eigenvalue weighted by Crippen LogP contribution is 2.12. The molecule has 3 nitrogen and oxygen atoms in total. The predicted molar refractivity (Wildman–Crippen MR) is 75.4 cm³/mol. The van der Waals surface area contributed by atoms with E-state index in [4.69, 9.17) is 4.74 Å². The van der Waals surface area contributed by atoms with E-state index < -0.39 is 5.97 Å². The van der Waals surface area contributed by atoms with E-state index in [0.29, 0.717) is 11.3 Å². The minimum atomic E-state index is -0.635. The van der Waals surface area contributed by atoms with Gasteiger partial charge in [0.25, 0.3) is 0 Å². The smallest absolute Gasteiger partial charge is 0.390 e. The first-order chi connectivity index (χ1) is 9.65. The van der Waals surface area contributed by atoms with Gasteiger partial charge in [-0.25, -0.2) is 4.79 Å². The minimum Gasteiger partial charge on any atom is -0.417 e. The molecule has 0 bridgehead atoms. The summed E-state index contributed by atoms with van der Waals surface area (Å²) in [5, 5.41) is 0. The number of benzene rings is 2. The van der Waals surface area contributed by atoms with Gasteiger partial charge >= 0.3 is 5.97 Å². The Labute approximate surface area is 117 Å². The molecule has 2 aromatic rings. The lowest BCUT2D eigenvalue weighted by Gasteiger charge is -2.00. The van der Waals surface area contributed by atoms with Crippen LogP contribution >= 0.6 is 0 Å². The molecule has 98 valence electrons. The van der Waals surface area contributed by atoms with Crippen LogP contribution < -0.4 is 4.74 Å². The first-order valence-electron chi connectivity index (χ1n) is 6.05. The predicted octanol–water partition coefficient (Wildman–Crippen LogP) is 2.85. The quantitative estimate of drug-likeness (QED) is 0.362. The van der Waals surface area contributed by atoms with Gasteiger partial charge in [-0.2, -0.15) is 0 Å². The monoisotopic (exact) mass is 264 g/mol. The summed E-state index contributed by atoms with van der Waals surface area (Å²) >= 11 is 0. The van der Waals surface area contributed by atoms with Gasteiger partial charge in [0.1, 0.15) is 5.75 Å². The summed E-state index contributed by atoms with van der Waals surface area (Å²) in [6, 6.07) is 15.5. The lowest BCUT2D eigenvalue weighted by molar-refractivity contribution is -0.128. The van der Waals surface area contributed by atoms with Crippen LogP contribution in [0.15, 0.2) is 54.6 Å². The summed E-state index contributed by atoms with van der Waals surface area (Å²) in [4.78, 5) is 22.6. The van der Waals surface area contributed by atoms with Crippen molar-refractivity contribution < 1.29 is 14.3 Å². The zero-order valence-corrected chi connectivity index (χ0v) is 10.9. The summed E-state index contributed by atoms with van der Waals surface area (Å²) in [6.07, 6.45) is 0. The summed E-state index contributed by atoms with van der Waals surface area (Å²) in [5.41, 5.74) is 1.32. The van der Waals surface area contributed by atoms with Crippen molar-refractivity contribution in [3.8, 4) is 17.6 Å². The van der Waals surface area contributed by atoms with Crippen LogP contribution in [-0.2, 0) is 4.79 Å². The summed E-state index contributed by atoms with van der Waals surface area (Å²) in [6.45, 7) is 1.48. The fourth-order valence-corrected chi connectivity index (χ4v) is 1.53. The largest absolute Gasteiger partial charge is 0.417 e. The highest BCUT2D eigenvalue weighted by molar-refractivity contribution is 5.94. The van der Waals surface area contributed by atoms with Gasteiger partial charge in [-0.1, -0.05) is 24.1 Å². The van der Waals surface area contributed by atoms with Gasteiger partial charge in [-0.15, -0.1) is 0 Å².